The van der Waals surface area contributed by atoms with Gasteiger partial charge in [0.05, 0.1) is 30.8 Å². The lowest BCUT2D eigenvalue weighted by Crippen LogP contribution is -2.45. The molecule has 0 unspecified atom stereocenters. The second-order valence-corrected chi connectivity index (χ2v) is 4.91. The quantitative estimate of drug-likeness (QED) is 0.424. The van der Waals surface area contributed by atoms with E-state index in [4.69, 9.17) is 9.47 Å². The van der Waals surface area contributed by atoms with Crippen LogP contribution in [0.2, 0.25) is 0 Å². The number of carbonyl (C=O) groups excluding carboxylic acids is 2. The molecule has 10 heteroatoms. The molecule has 1 aromatic carbocycles. The Morgan fingerprint density at radius 3 is 2.58 bits per heavy atom. The molecule has 0 fully saturated rings. The van der Waals surface area contributed by atoms with E-state index in [9.17, 15) is 24.8 Å². The summed E-state index contributed by atoms with van der Waals surface area (Å²) in [7, 11) is 2.40. The number of benzene rings is 1. The topological polar surface area (TPSA) is 140 Å². The van der Waals surface area contributed by atoms with Gasteiger partial charge in [-0.3, -0.25) is 10.1 Å². The van der Waals surface area contributed by atoms with E-state index in [2.05, 4.69) is 10.6 Å². The van der Waals surface area contributed by atoms with Crippen LogP contribution in [0, 0.1) is 10.1 Å². The third-order valence-corrected chi connectivity index (χ3v) is 3.50. The highest BCUT2D eigenvalue weighted by molar-refractivity contribution is 5.95. The van der Waals surface area contributed by atoms with Gasteiger partial charge in [0.1, 0.15) is 0 Å². The van der Waals surface area contributed by atoms with Crippen LogP contribution in [-0.4, -0.2) is 36.2 Å². The van der Waals surface area contributed by atoms with Crippen molar-refractivity contribution in [3.05, 3.63) is 39.1 Å². The molecule has 2 rings (SSSR count). The Labute approximate surface area is 136 Å². The van der Waals surface area contributed by atoms with Gasteiger partial charge in [-0.25, -0.2) is 9.59 Å². The van der Waals surface area contributed by atoms with E-state index in [0.717, 1.165) is 6.07 Å². The van der Waals surface area contributed by atoms with Crippen molar-refractivity contribution in [3.63, 3.8) is 0 Å². The molecule has 0 aromatic heterocycles. The second kappa shape index (κ2) is 6.44. The molecule has 1 aliphatic rings. The fraction of sp³-hybridized carbons (Fsp3) is 0.286. The third kappa shape index (κ3) is 2.93. The second-order valence-electron chi connectivity index (χ2n) is 4.91. The maximum Gasteiger partial charge on any atom is 0.337 e. The first kappa shape index (κ1) is 17.1. The van der Waals surface area contributed by atoms with Crippen molar-refractivity contribution in [1.29, 1.82) is 0 Å². The molecule has 1 aliphatic heterocycles. The summed E-state index contributed by atoms with van der Waals surface area (Å²) in [5.41, 5.74) is -0.0885. The van der Waals surface area contributed by atoms with Crippen molar-refractivity contribution in [1.82, 2.24) is 10.6 Å². The number of urea groups is 1. The van der Waals surface area contributed by atoms with Gasteiger partial charge in [0, 0.05) is 11.8 Å². The first-order valence-electron chi connectivity index (χ1n) is 6.72. The number of phenols is 1. The first-order chi connectivity index (χ1) is 11.3. The molecule has 0 radical (unpaired) electrons. The molecule has 0 saturated carbocycles. The molecule has 1 heterocycles. The van der Waals surface area contributed by atoms with Gasteiger partial charge >= 0.3 is 17.7 Å². The van der Waals surface area contributed by atoms with Crippen molar-refractivity contribution >= 4 is 17.7 Å². The van der Waals surface area contributed by atoms with Crippen molar-refractivity contribution in [2.24, 2.45) is 0 Å². The highest BCUT2D eigenvalue weighted by atomic mass is 16.6. The number of amides is 2. The molecule has 128 valence electrons. The van der Waals surface area contributed by atoms with Gasteiger partial charge in [0.2, 0.25) is 5.75 Å². The molecule has 1 aromatic rings. The molecule has 2 amide bonds. The Morgan fingerprint density at radius 1 is 1.38 bits per heavy atom. The molecular formula is C14H15N3O7. The van der Waals surface area contributed by atoms with Crippen LogP contribution >= 0.6 is 0 Å². The molecule has 1 atom stereocenters. The standard InChI is InChI=1S/C14H15N3O7/c1-6-10(13(19)24-3)11(16-14(20)15-6)7-4-8(17(21)22)12(18)9(5-7)23-2/h4-5,11,18H,1-3H3,(H2,15,16,20)/t11-/m1/s1. The maximum atomic E-state index is 12.0. The monoisotopic (exact) mass is 337 g/mol. The third-order valence-electron chi connectivity index (χ3n) is 3.50. The number of hydrogen-bond acceptors (Lipinski definition) is 7. The highest BCUT2D eigenvalue weighted by Gasteiger charge is 2.34. The van der Waals surface area contributed by atoms with Crippen LogP contribution in [0.3, 0.4) is 0 Å². The Hall–Kier alpha value is -3.30. The van der Waals surface area contributed by atoms with Crippen LogP contribution in [0.4, 0.5) is 10.5 Å². The molecule has 24 heavy (non-hydrogen) atoms. The minimum atomic E-state index is -1.00. The summed E-state index contributed by atoms with van der Waals surface area (Å²) in [5.74, 6) is -1.51. The molecule has 3 N–H and O–H groups in total. The Bertz CT molecular complexity index is 757. The summed E-state index contributed by atoms with van der Waals surface area (Å²) in [6, 6.07) is 0.776. The van der Waals surface area contributed by atoms with Gasteiger partial charge in [-0.05, 0) is 18.6 Å². The zero-order valence-electron chi connectivity index (χ0n) is 13.1. The van der Waals surface area contributed by atoms with Crippen molar-refractivity contribution in [2.75, 3.05) is 14.2 Å². The van der Waals surface area contributed by atoms with Gasteiger partial charge in [-0.15, -0.1) is 0 Å². The van der Waals surface area contributed by atoms with Crippen molar-refractivity contribution in [2.45, 2.75) is 13.0 Å². The van der Waals surface area contributed by atoms with E-state index >= 15 is 0 Å². The van der Waals surface area contributed by atoms with Gasteiger partial charge in [-0.1, -0.05) is 0 Å². The van der Waals surface area contributed by atoms with Crippen LogP contribution in [0.25, 0.3) is 0 Å². The molecule has 0 bridgehead atoms. The van der Waals surface area contributed by atoms with Crippen LogP contribution < -0.4 is 15.4 Å². The van der Waals surface area contributed by atoms with Gasteiger partial charge < -0.3 is 25.2 Å². The number of nitrogens with one attached hydrogen (secondary N) is 2. The first-order valence-corrected chi connectivity index (χ1v) is 6.72. The largest absolute Gasteiger partial charge is 0.500 e. The summed E-state index contributed by atoms with van der Waals surface area (Å²) in [4.78, 5) is 34.1. The zero-order valence-corrected chi connectivity index (χ0v) is 13.1. The van der Waals surface area contributed by atoms with Crippen molar-refractivity contribution < 1.29 is 29.1 Å². The molecule has 0 saturated heterocycles. The summed E-state index contributed by atoms with van der Waals surface area (Å²) < 4.78 is 9.63. The number of rotatable bonds is 4. The average Bonchev–Trinajstić information content (AvgIpc) is 2.53. The number of hydrogen-bond donors (Lipinski definition) is 3. The van der Waals surface area contributed by atoms with Crippen LogP contribution in [0.1, 0.15) is 18.5 Å². The summed E-state index contributed by atoms with van der Waals surface area (Å²) >= 11 is 0. The van der Waals surface area contributed by atoms with Crippen LogP contribution in [0.5, 0.6) is 11.5 Å². The van der Waals surface area contributed by atoms with Crippen molar-refractivity contribution in [3.8, 4) is 11.5 Å². The predicted molar refractivity (Wildman–Crippen MR) is 80.4 cm³/mol. The normalized spacial score (nSPS) is 17.0. The number of methoxy groups -OCH3 is 2. The number of phenolic OH excluding ortho intramolecular Hbond substituents is 1. The van der Waals surface area contributed by atoms with E-state index in [1.807, 2.05) is 0 Å². The van der Waals surface area contributed by atoms with E-state index in [1.165, 1.54) is 27.2 Å². The summed E-state index contributed by atoms with van der Waals surface area (Å²) in [6.07, 6.45) is 0. The lowest BCUT2D eigenvalue weighted by Gasteiger charge is -2.28. The Balaban J connectivity index is 2.66. The van der Waals surface area contributed by atoms with Gasteiger partial charge in [-0.2, -0.15) is 0 Å². The molecule has 10 nitrogen and oxygen atoms in total. The zero-order chi connectivity index (χ0) is 18.0. The predicted octanol–water partition coefficient (Wildman–Crippen LogP) is 1.11. The summed E-state index contributed by atoms with van der Waals surface area (Å²) in [5, 5.41) is 25.9. The fourth-order valence-electron chi connectivity index (χ4n) is 2.40. The van der Waals surface area contributed by atoms with Gasteiger partial charge in [0.25, 0.3) is 0 Å². The Morgan fingerprint density at radius 2 is 2.04 bits per heavy atom. The van der Waals surface area contributed by atoms with Gasteiger partial charge in [0.15, 0.2) is 5.75 Å². The van der Waals surface area contributed by atoms with Crippen LogP contribution in [-0.2, 0) is 9.53 Å². The van der Waals surface area contributed by atoms with E-state index in [1.54, 1.807) is 0 Å². The lowest BCUT2D eigenvalue weighted by atomic mass is 9.94. The molecule has 0 aliphatic carbocycles. The molecule has 0 spiro atoms. The lowest BCUT2D eigenvalue weighted by molar-refractivity contribution is -0.386. The number of esters is 1. The van der Waals surface area contributed by atoms with E-state index in [0.29, 0.717) is 0 Å². The van der Waals surface area contributed by atoms with E-state index < -0.39 is 34.4 Å². The molecular weight excluding hydrogens is 322 g/mol. The summed E-state index contributed by atoms with van der Waals surface area (Å²) in [6.45, 7) is 1.50. The highest BCUT2D eigenvalue weighted by Crippen LogP contribution is 2.40. The average molecular weight is 337 g/mol. The number of nitrogens with zero attached hydrogens (tertiary/aromatic N) is 1. The number of nitro groups is 1. The smallest absolute Gasteiger partial charge is 0.337 e. The SMILES string of the molecule is COC(=O)C1=C(C)NC(=O)N[C@@H]1c1cc(OC)c(O)c([N+](=O)[O-])c1. The Kier molecular flexibility index (Phi) is 4.58. The number of carbonyl (C=O) groups is 2. The number of ether oxygens (including phenoxy) is 2. The van der Waals surface area contributed by atoms with E-state index in [-0.39, 0.29) is 22.6 Å². The minimum absolute atomic E-state index is 0.0825. The number of allylic oxidation sites excluding steroid dienone is 1. The fourth-order valence-corrected chi connectivity index (χ4v) is 2.40. The minimum Gasteiger partial charge on any atom is -0.500 e. The number of aromatic hydroxyl groups is 1. The number of nitro benzene ring substituents is 1. The maximum absolute atomic E-state index is 12.0. The van der Waals surface area contributed by atoms with Crippen LogP contribution in [0.15, 0.2) is 23.4 Å².